The quantitative estimate of drug-likeness (QED) is 0.345. The fraction of sp³-hybridized carbons (Fsp3) is 0.947. The average molecular weight is 360 g/mol. The number of hydrogen-bond acceptors (Lipinski definition) is 6. The van der Waals surface area contributed by atoms with Crippen molar-refractivity contribution >= 4 is 5.97 Å². The van der Waals surface area contributed by atoms with Crippen LogP contribution in [-0.2, 0) is 14.3 Å². The Labute approximate surface area is 151 Å². The maximum atomic E-state index is 11.8. The van der Waals surface area contributed by atoms with Crippen LogP contribution in [0.25, 0.3) is 0 Å². The summed E-state index contributed by atoms with van der Waals surface area (Å²) >= 11 is 0. The summed E-state index contributed by atoms with van der Waals surface area (Å²) in [5, 5.41) is 28.8. The Balaban J connectivity index is 1.98. The van der Waals surface area contributed by atoms with Crippen molar-refractivity contribution in [2.75, 3.05) is 6.61 Å². The first kappa shape index (κ1) is 22.4. The molecule has 0 aromatic carbocycles. The monoisotopic (exact) mass is 360 g/mol. The highest BCUT2D eigenvalue weighted by atomic mass is 16.7. The van der Waals surface area contributed by atoms with E-state index in [2.05, 4.69) is 6.92 Å². The Bertz CT molecular complexity index is 349. The molecule has 0 amide bonds. The number of ether oxygens (including phenoxy) is 2. The van der Waals surface area contributed by atoms with Gasteiger partial charge < -0.3 is 24.8 Å². The zero-order valence-corrected chi connectivity index (χ0v) is 15.6. The van der Waals surface area contributed by atoms with Crippen LogP contribution in [-0.4, -0.2) is 52.5 Å². The number of rotatable bonds is 13. The molecule has 6 heteroatoms. The molecule has 0 radical (unpaired) electrons. The lowest BCUT2D eigenvalue weighted by atomic mass is 10.0. The summed E-state index contributed by atoms with van der Waals surface area (Å²) < 4.78 is 9.91. The third kappa shape index (κ3) is 9.54. The van der Waals surface area contributed by atoms with Crippen molar-refractivity contribution in [3.63, 3.8) is 0 Å². The van der Waals surface area contributed by atoms with Gasteiger partial charge >= 0.3 is 5.97 Å². The van der Waals surface area contributed by atoms with Crippen LogP contribution < -0.4 is 0 Å². The van der Waals surface area contributed by atoms with Crippen molar-refractivity contribution in [2.24, 2.45) is 0 Å². The molecule has 1 aliphatic rings. The molecule has 1 aliphatic heterocycles. The Hall–Kier alpha value is -0.690. The third-order valence-corrected chi connectivity index (χ3v) is 4.70. The Morgan fingerprint density at radius 3 is 2.00 bits per heavy atom. The van der Waals surface area contributed by atoms with Crippen molar-refractivity contribution in [3.05, 3.63) is 0 Å². The topological polar surface area (TPSA) is 96.2 Å². The van der Waals surface area contributed by atoms with E-state index in [9.17, 15) is 20.1 Å². The van der Waals surface area contributed by atoms with E-state index in [1.165, 1.54) is 51.4 Å². The van der Waals surface area contributed by atoms with Gasteiger partial charge in [0.1, 0.15) is 12.2 Å². The number of esters is 1. The number of unbranched alkanes of at least 4 members (excludes halogenated alkanes) is 10. The highest BCUT2D eigenvalue weighted by molar-refractivity contribution is 5.69. The third-order valence-electron chi connectivity index (χ3n) is 4.70. The molecule has 0 aromatic heterocycles. The Morgan fingerprint density at radius 1 is 0.920 bits per heavy atom. The second kappa shape index (κ2) is 13.5. The van der Waals surface area contributed by atoms with E-state index in [4.69, 9.17) is 9.47 Å². The molecule has 0 bridgehead atoms. The fourth-order valence-corrected chi connectivity index (χ4v) is 3.05. The summed E-state index contributed by atoms with van der Waals surface area (Å²) in [6.07, 6.45) is 8.40. The minimum absolute atomic E-state index is 0.172. The van der Waals surface area contributed by atoms with Crippen LogP contribution in [0.5, 0.6) is 0 Å². The lowest BCUT2D eigenvalue weighted by Crippen LogP contribution is -2.54. The van der Waals surface area contributed by atoms with E-state index in [1.807, 2.05) is 0 Å². The summed E-state index contributed by atoms with van der Waals surface area (Å²) in [4.78, 5) is 11.8. The minimum atomic E-state index is -1.39. The first-order valence-electron chi connectivity index (χ1n) is 9.91. The first-order chi connectivity index (χ1) is 12.1. The molecule has 1 heterocycles. The average Bonchev–Trinajstić information content (AvgIpc) is 2.60. The smallest absolute Gasteiger partial charge is 0.306 e. The van der Waals surface area contributed by atoms with Crippen molar-refractivity contribution in [2.45, 2.75) is 109 Å². The van der Waals surface area contributed by atoms with Gasteiger partial charge in [0.15, 0.2) is 12.4 Å². The number of carbonyl (C=O) groups excluding carboxylic acids is 1. The largest absolute Gasteiger partial charge is 0.454 e. The lowest BCUT2D eigenvalue weighted by Gasteiger charge is -2.34. The van der Waals surface area contributed by atoms with Gasteiger partial charge in [0.2, 0.25) is 0 Å². The number of aliphatic hydroxyl groups is 3. The number of hydrogen-bond donors (Lipinski definition) is 3. The van der Waals surface area contributed by atoms with Gasteiger partial charge in [0.25, 0.3) is 0 Å². The van der Waals surface area contributed by atoms with Crippen LogP contribution in [0, 0.1) is 0 Å². The highest BCUT2D eigenvalue weighted by Crippen LogP contribution is 2.18. The summed E-state index contributed by atoms with van der Waals surface area (Å²) in [6, 6.07) is 0. The molecular weight excluding hydrogens is 324 g/mol. The maximum Gasteiger partial charge on any atom is 0.306 e. The van der Waals surface area contributed by atoms with Crippen molar-refractivity contribution < 1.29 is 29.6 Å². The zero-order valence-electron chi connectivity index (χ0n) is 15.6. The van der Waals surface area contributed by atoms with Gasteiger partial charge in [-0.1, -0.05) is 71.1 Å². The lowest BCUT2D eigenvalue weighted by molar-refractivity contribution is -0.260. The summed E-state index contributed by atoms with van der Waals surface area (Å²) in [5.74, 6) is -0.475. The second-order valence-corrected chi connectivity index (χ2v) is 7.02. The van der Waals surface area contributed by atoms with Crippen molar-refractivity contribution in [3.8, 4) is 0 Å². The summed E-state index contributed by atoms with van der Waals surface area (Å²) in [5.41, 5.74) is 0. The number of carbonyl (C=O) groups is 1. The second-order valence-electron chi connectivity index (χ2n) is 7.02. The SMILES string of the molecule is CCCCCCCCCCCCCC(=O)O[C@@H]1[C@@H](O)[C@@H](O)CO[C@@H]1O. The van der Waals surface area contributed by atoms with E-state index in [0.29, 0.717) is 0 Å². The Morgan fingerprint density at radius 2 is 1.44 bits per heavy atom. The minimum Gasteiger partial charge on any atom is -0.454 e. The molecule has 0 saturated carbocycles. The normalized spacial score (nSPS) is 26.6. The molecule has 3 N–H and O–H groups in total. The molecule has 25 heavy (non-hydrogen) atoms. The van der Waals surface area contributed by atoms with E-state index >= 15 is 0 Å². The predicted octanol–water partition coefficient (Wildman–Crippen LogP) is 2.67. The van der Waals surface area contributed by atoms with Gasteiger partial charge in [0, 0.05) is 6.42 Å². The molecule has 0 unspecified atom stereocenters. The van der Waals surface area contributed by atoms with Gasteiger partial charge in [-0.15, -0.1) is 0 Å². The van der Waals surface area contributed by atoms with E-state index in [1.54, 1.807) is 0 Å². The highest BCUT2D eigenvalue weighted by Gasteiger charge is 2.40. The van der Waals surface area contributed by atoms with Crippen LogP contribution in [0.15, 0.2) is 0 Å². The summed E-state index contributed by atoms with van der Waals surface area (Å²) in [6.45, 7) is 2.06. The van der Waals surface area contributed by atoms with Crippen LogP contribution >= 0.6 is 0 Å². The maximum absolute atomic E-state index is 11.8. The number of aliphatic hydroxyl groups excluding tert-OH is 3. The van der Waals surface area contributed by atoms with Crippen LogP contribution in [0.3, 0.4) is 0 Å². The molecule has 6 nitrogen and oxygen atoms in total. The van der Waals surface area contributed by atoms with Crippen LogP contribution in [0.1, 0.15) is 84.0 Å². The fourth-order valence-electron chi connectivity index (χ4n) is 3.05. The Kier molecular flexibility index (Phi) is 12.1. The molecule has 0 aliphatic carbocycles. The van der Waals surface area contributed by atoms with Gasteiger partial charge in [0.05, 0.1) is 6.61 Å². The summed E-state index contributed by atoms with van der Waals surface area (Å²) in [7, 11) is 0. The standard InChI is InChI=1S/C19H36O6/c1-2-3-4-5-6-7-8-9-10-11-12-13-16(21)25-18-17(22)15(20)14-24-19(18)23/h15,17-20,22-23H,2-14H2,1H3/t15-,17-,18+,19-/m0/s1. The predicted molar refractivity (Wildman–Crippen MR) is 94.9 cm³/mol. The van der Waals surface area contributed by atoms with E-state index in [-0.39, 0.29) is 13.0 Å². The van der Waals surface area contributed by atoms with E-state index < -0.39 is 30.6 Å². The van der Waals surface area contributed by atoms with E-state index in [0.717, 1.165) is 19.3 Å². The zero-order chi connectivity index (χ0) is 18.5. The van der Waals surface area contributed by atoms with Gasteiger partial charge in [-0.25, -0.2) is 0 Å². The van der Waals surface area contributed by atoms with Gasteiger partial charge in [-0.2, -0.15) is 0 Å². The van der Waals surface area contributed by atoms with Crippen LogP contribution in [0.4, 0.5) is 0 Å². The molecule has 0 aromatic rings. The molecule has 0 spiro atoms. The molecule has 4 atom stereocenters. The molecule has 148 valence electrons. The van der Waals surface area contributed by atoms with Gasteiger partial charge in [-0.3, -0.25) is 4.79 Å². The van der Waals surface area contributed by atoms with Crippen molar-refractivity contribution in [1.29, 1.82) is 0 Å². The van der Waals surface area contributed by atoms with Crippen LogP contribution in [0.2, 0.25) is 0 Å². The molecule has 1 fully saturated rings. The molecule has 1 saturated heterocycles. The van der Waals surface area contributed by atoms with Crippen molar-refractivity contribution in [1.82, 2.24) is 0 Å². The first-order valence-corrected chi connectivity index (χ1v) is 9.91. The van der Waals surface area contributed by atoms with Gasteiger partial charge in [-0.05, 0) is 6.42 Å². The molecular formula is C19H36O6. The molecule has 1 rings (SSSR count).